The van der Waals surface area contributed by atoms with Crippen molar-refractivity contribution in [3.63, 3.8) is 0 Å². The second-order valence-corrected chi connectivity index (χ2v) is 6.02. The van der Waals surface area contributed by atoms with E-state index in [9.17, 15) is 9.90 Å². The second kappa shape index (κ2) is 6.53. The molecule has 1 atom stereocenters. The van der Waals surface area contributed by atoms with Crippen LogP contribution in [0.15, 0.2) is 63.9 Å². The van der Waals surface area contributed by atoms with Crippen molar-refractivity contribution in [3.05, 3.63) is 66.2 Å². The van der Waals surface area contributed by atoms with Crippen LogP contribution in [0, 0.1) is 0 Å². The van der Waals surface area contributed by atoms with Gasteiger partial charge in [0, 0.05) is 31.4 Å². The minimum Gasteiger partial charge on any atom is -0.461 e. The number of fused-ring (bicyclic) bond motifs is 1. The molecule has 0 aliphatic heterocycles. The zero-order valence-corrected chi connectivity index (χ0v) is 14.0. The summed E-state index contributed by atoms with van der Waals surface area (Å²) in [6.07, 6.45) is 2.65. The minimum atomic E-state index is -0.819. The number of amides is 1. The third kappa shape index (κ3) is 3.00. The molecule has 0 bridgehead atoms. The fourth-order valence-electron chi connectivity index (χ4n) is 2.82. The van der Waals surface area contributed by atoms with E-state index in [1.807, 2.05) is 42.1 Å². The van der Waals surface area contributed by atoms with Gasteiger partial charge in [-0.3, -0.25) is 4.79 Å². The van der Waals surface area contributed by atoms with Crippen molar-refractivity contribution in [1.82, 2.24) is 15.0 Å². The van der Waals surface area contributed by atoms with E-state index >= 15 is 0 Å². The Balaban J connectivity index is 1.41. The Morgan fingerprint density at radius 1 is 1.27 bits per heavy atom. The Hall–Kier alpha value is -3.32. The van der Waals surface area contributed by atoms with E-state index in [1.165, 1.54) is 12.3 Å². The number of hydrogen-bond acceptors (Lipinski definition) is 5. The van der Waals surface area contributed by atoms with Crippen molar-refractivity contribution in [2.24, 2.45) is 7.05 Å². The summed E-state index contributed by atoms with van der Waals surface area (Å²) >= 11 is 0. The molecule has 132 valence electrons. The molecular formula is C19H17N3O4. The standard InChI is InChI=1S/C19H17N3O4/c1-22-7-6-12-9-13(4-5-15(12)22)16(23)11-20-19(24)14-10-18(26-21-14)17-3-2-8-25-17/h2-10,16,23H,11H2,1H3,(H,20,24). The van der Waals surface area contributed by atoms with Gasteiger partial charge in [-0.2, -0.15) is 0 Å². The second-order valence-electron chi connectivity index (χ2n) is 6.02. The Kier molecular flexibility index (Phi) is 4.06. The van der Waals surface area contributed by atoms with E-state index < -0.39 is 12.0 Å². The molecule has 26 heavy (non-hydrogen) atoms. The molecule has 0 saturated heterocycles. The summed E-state index contributed by atoms with van der Waals surface area (Å²) in [7, 11) is 1.97. The summed E-state index contributed by atoms with van der Waals surface area (Å²) in [5, 5.41) is 17.8. The molecular weight excluding hydrogens is 334 g/mol. The van der Waals surface area contributed by atoms with Gasteiger partial charge in [-0.1, -0.05) is 11.2 Å². The van der Waals surface area contributed by atoms with Gasteiger partial charge in [0.15, 0.2) is 11.5 Å². The summed E-state index contributed by atoms with van der Waals surface area (Å²) < 4.78 is 12.3. The van der Waals surface area contributed by atoms with E-state index in [0.717, 1.165) is 16.5 Å². The van der Waals surface area contributed by atoms with E-state index in [2.05, 4.69) is 10.5 Å². The normalized spacial score (nSPS) is 12.4. The van der Waals surface area contributed by atoms with Crippen molar-refractivity contribution in [3.8, 4) is 11.5 Å². The van der Waals surface area contributed by atoms with Crippen LogP contribution in [0.3, 0.4) is 0 Å². The number of carbonyl (C=O) groups excluding carboxylic acids is 1. The Labute approximate surface area is 148 Å². The number of aliphatic hydroxyl groups excluding tert-OH is 1. The van der Waals surface area contributed by atoms with Crippen LogP contribution in [0.2, 0.25) is 0 Å². The van der Waals surface area contributed by atoms with Crippen molar-refractivity contribution >= 4 is 16.8 Å². The van der Waals surface area contributed by atoms with Gasteiger partial charge in [0.1, 0.15) is 0 Å². The lowest BCUT2D eigenvalue weighted by Gasteiger charge is -2.12. The molecule has 7 nitrogen and oxygen atoms in total. The van der Waals surface area contributed by atoms with E-state index in [-0.39, 0.29) is 12.2 Å². The Morgan fingerprint density at radius 2 is 2.15 bits per heavy atom. The largest absolute Gasteiger partial charge is 0.461 e. The lowest BCUT2D eigenvalue weighted by Crippen LogP contribution is -2.28. The molecule has 3 heterocycles. The van der Waals surface area contributed by atoms with Crippen LogP contribution in [-0.4, -0.2) is 27.3 Å². The minimum absolute atomic E-state index is 0.0696. The first-order chi connectivity index (χ1) is 12.6. The smallest absolute Gasteiger partial charge is 0.273 e. The SMILES string of the molecule is Cn1ccc2cc(C(O)CNC(=O)c3cc(-c4ccco4)on3)ccc21. The predicted molar refractivity (Wildman–Crippen MR) is 94.4 cm³/mol. The van der Waals surface area contributed by atoms with E-state index in [1.54, 1.807) is 12.1 Å². The van der Waals surface area contributed by atoms with Gasteiger partial charge in [0.05, 0.1) is 12.4 Å². The van der Waals surface area contributed by atoms with Crippen LogP contribution >= 0.6 is 0 Å². The molecule has 0 aliphatic rings. The van der Waals surface area contributed by atoms with Gasteiger partial charge in [-0.25, -0.2) is 0 Å². The molecule has 4 aromatic rings. The zero-order chi connectivity index (χ0) is 18.1. The number of rotatable bonds is 5. The zero-order valence-electron chi connectivity index (χ0n) is 14.0. The molecule has 0 spiro atoms. The third-order valence-corrected chi connectivity index (χ3v) is 4.26. The molecule has 0 saturated carbocycles. The highest BCUT2D eigenvalue weighted by atomic mass is 16.5. The number of hydrogen-bond donors (Lipinski definition) is 2. The summed E-state index contributed by atoms with van der Waals surface area (Å²) in [5.74, 6) is 0.439. The molecule has 1 amide bonds. The van der Waals surface area contributed by atoms with Gasteiger partial charge < -0.3 is 23.9 Å². The number of furan rings is 1. The lowest BCUT2D eigenvalue weighted by molar-refractivity contribution is 0.0907. The predicted octanol–water partition coefficient (Wildman–Crippen LogP) is 2.89. The molecule has 0 fully saturated rings. The van der Waals surface area contributed by atoms with Gasteiger partial charge in [-0.15, -0.1) is 0 Å². The summed E-state index contributed by atoms with van der Waals surface area (Å²) in [4.78, 5) is 12.2. The first-order valence-electron chi connectivity index (χ1n) is 8.13. The van der Waals surface area contributed by atoms with Gasteiger partial charge in [0.25, 0.3) is 5.91 Å². The van der Waals surface area contributed by atoms with E-state index in [0.29, 0.717) is 11.5 Å². The van der Waals surface area contributed by atoms with Crippen molar-refractivity contribution < 1.29 is 18.8 Å². The molecule has 7 heteroatoms. The van der Waals surface area contributed by atoms with Crippen LogP contribution in [0.5, 0.6) is 0 Å². The quantitative estimate of drug-likeness (QED) is 0.577. The molecule has 2 N–H and O–H groups in total. The molecule has 1 aromatic carbocycles. The molecule has 3 aromatic heterocycles. The molecule has 0 radical (unpaired) electrons. The summed E-state index contributed by atoms with van der Waals surface area (Å²) in [6.45, 7) is 0.0696. The van der Waals surface area contributed by atoms with Crippen molar-refractivity contribution in [2.45, 2.75) is 6.10 Å². The maximum atomic E-state index is 12.2. The Morgan fingerprint density at radius 3 is 2.96 bits per heavy atom. The average molecular weight is 351 g/mol. The highest BCUT2D eigenvalue weighted by Crippen LogP contribution is 2.22. The molecule has 4 rings (SSSR count). The number of aliphatic hydroxyl groups is 1. The number of aryl methyl sites for hydroxylation is 1. The average Bonchev–Trinajstić information content (AvgIpc) is 3.39. The summed E-state index contributed by atoms with van der Waals surface area (Å²) in [6, 6.07) is 12.6. The highest BCUT2D eigenvalue weighted by Gasteiger charge is 2.17. The first-order valence-corrected chi connectivity index (χ1v) is 8.13. The number of aromatic nitrogens is 2. The third-order valence-electron chi connectivity index (χ3n) is 4.26. The monoisotopic (exact) mass is 351 g/mol. The molecule has 0 aliphatic carbocycles. The van der Waals surface area contributed by atoms with Crippen LogP contribution < -0.4 is 5.32 Å². The lowest BCUT2D eigenvalue weighted by atomic mass is 10.1. The van der Waals surface area contributed by atoms with Crippen molar-refractivity contribution in [2.75, 3.05) is 6.54 Å². The number of nitrogens with one attached hydrogen (secondary N) is 1. The fraction of sp³-hybridized carbons (Fsp3) is 0.158. The highest BCUT2D eigenvalue weighted by molar-refractivity contribution is 5.93. The first kappa shape index (κ1) is 16.2. The van der Waals surface area contributed by atoms with Crippen LogP contribution in [0.25, 0.3) is 22.4 Å². The Bertz CT molecular complexity index is 1050. The van der Waals surface area contributed by atoms with Crippen LogP contribution in [0.1, 0.15) is 22.2 Å². The van der Waals surface area contributed by atoms with Crippen molar-refractivity contribution in [1.29, 1.82) is 0 Å². The number of nitrogens with zero attached hydrogens (tertiary/aromatic N) is 2. The topological polar surface area (TPSA) is 93.4 Å². The van der Waals surface area contributed by atoms with Crippen LogP contribution in [0.4, 0.5) is 0 Å². The van der Waals surface area contributed by atoms with Gasteiger partial charge in [0.2, 0.25) is 5.76 Å². The number of carbonyl (C=O) groups is 1. The maximum absolute atomic E-state index is 12.2. The fourth-order valence-corrected chi connectivity index (χ4v) is 2.82. The van der Waals surface area contributed by atoms with E-state index in [4.69, 9.17) is 8.94 Å². The molecule has 1 unspecified atom stereocenters. The number of benzene rings is 1. The van der Waals surface area contributed by atoms with Crippen LogP contribution in [-0.2, 0) is 7.05 Å². The van der Waals surface area contributed by atoms with Gasteiger partial charge >= 0.3 is 0 Å². The summed E-state index contributed by atoms with van der Waals surface area (Å²) in [5.41, 5.74) is 1.94. The van der Waals surface area contributed by atoms with Gasteiger partial charge in [-0.05, 0) is 41.3 Å². The maximum Gasteiger partial charge on any atom is 0.273 e.